The fraction of sp³-hybridized carbons (Fsp3) is 0.632. The van der Waals surface area contributed by atoms with Crippen LogP contribution in [0.3, 0.4) is 0 Å². The van der Waals surface area contributed by atoms with Crippen LogP contribution in [0, 0.1) is 6.92 Å². The Balaban J connectivity index is 0.00000392. The summed E-state index contributed by atoms with van der Waals surface area (Å²) in [5.74, 6) is 0.631. The lowest BCUT2D eigenvalue weighted by molar-refractivity contribution is -0.142. The molecule has 2 N–H and O–H groups in total. The summed E-state index contributed by atoms with van der Waals surface area (Å²) in [6, 6.07) is 8.76. The third-order valence-electron chi connectivity index (χ3n) is 4.62. The predicted octanol–water partition coefficient (Wildman–Crippen LogP) is 3.24. The van der Waals surface area contributed by atoms with E-state index in [-0.39, 0.29) is 30.0 Å². The van der Waals surface area contributed by atoms with Gasteiger partial charge in [-0.25, -0.2) is 0 Å². The summed E-state index contributed by atoms with van der Waals surface area (Å²) >= 11 is 0. The van der Waals surface area contributed by atoms with Crippen LogP contribution in [-0.4, -0.2) is 69.9 Å². The number of aryl methyl sites for hydroxylation is 1. The Morgan fingerprint density at radius 3 is 2.57 bits per heavy atom. The number of benzene rings is 1. The molecule has 0 aromatic heterocycles. The van der Waals surface area contributed by atoms with Gasteiger partial charge in [0, 0.05) is 45.0 Å². The molecular formula is C19H31F3IN5. The molecule has 1 atom stereocenters. The van der Waals surface area contributed by atoms with Gasteiger partial charge in [-0.05, 0) is 38.9 Å². The first kappa shape index (κ1) is 24.8. The van der Waals surface area contributed by atoms with Gasteiger partial charge < -0.3 is 15.5 Å². The van der Waals surface area contributed by atoms with E-state index in [1.165, 1.54) is 23.2 Å². The van der Waals surface area contributed by atoms with Crippen molar-refractivity contribution in [2.75, 3.05) is 51.7 Å². The molecule has 0 aliphatic carbocycles. The van der Waals surface area contributed by atoms with Crippen LogP contribution in [0.5, 0.6) is 0 Å². The molecule has 0 bridgehead atoms. The van der Waals surface area contributed by atoms with Gasteiger partial charge in [0.05, 0.1) is 6.54 Å². The van der Waals surface area contributed by atoms with E-state index in [0.717, 1.165) is 25.9 Å². The molecule has 1 unspecified atom stereocenters. The highest BCUT2D eigenvalue weighted by Crippen LogP contribution is 2.20. The van der Waals surface area contributed by atoms with Crippen LogP contribution >= 0.6 is 24.0 Å². The van der Waals surface area contributed by atoms with Gasteiger partial charge in [0.15, 0.2) is 5.96 Å². The largest absolute Gasteiger partial charge is 0.401 e. The molecule has 1 aliphatic rings. The number of halogens is 4. The zero-order chi connectivity index (χ0) is 19.9. The summed E-state index contributed by atoms with van der Waals surface area (Å²) in [4.78, 5) is 7.80. The maximum absolute atomic E-state index is 12.4. The van der Waals surface area contributed by atoms with Gasteiger partial charge in [0.1, 0.15) is 0 Å². The van der Waals surface area contributed by atoms with Crippen molar-refractivity contribution in [3.63, 3.8) is 0 Å². The summed E-state index contributed by atoms with van der Waals surface area (Å²) in [5, 5.41) is 6.50. The third-order valence-corrected chi connectivity index (χ3v) is 4.62. The van der Waals surface area contributed by atoms with Gasteiger partial charge in [0.25, 0.3) is 0 Å². The number of hydrogen-bond donors (Lipinski definition) is 2. The molecular weight excluding hydrogens is 482 g/mol. The molecule has 9 heteroatoms. The maximum Gasteiger partial charge on any atom is 0.401 e. The molecule has 0 amide bonds. The molecule has 1 aliphatic heterocycles. The molecule has 1 heterocycles. The van der Waals surface area contributed by atoms with Crippen LogP contribution in [0.4, 0.5) is 18.9 Å². The summed E-state index contributed by atoms with van der Waals surface area (Å²) < 4.78 is 37.1. The minimum Gasteiger partial charge on any atom is -0.369 e. The molecule has 1 aromatic carbocycles. The van der Waals surface area contributed by atoms with Gasteiger partial charge in [-0.3, -0.25) is 9.89 Å². The van der Waals surface area contributed by atoms with Gasteiger partial charge in [0.2, 0.25) is 0 Å². The lowest BCUT2D eigenvalue weighted by Crippen LogP contribution is -2.52. The number of likely N-dealkylation sites (N-methyl/N-ethyl adjacent to an activating group) is 1. The molecule has 0 saturated carbocycles. The fourth-order valence-electron chi connectivity index (χ4n) is 3.22. The van der Waals surface area contributed by atoms with E-state index in [1.54, 1.807) is 7.05 Å². The van der Waals surface area contributed by atoms with Gasteiger partial charge in [-0.2, -0.15) is 13.2 Å². The van der Waals surface area contributed by atoms with E-state index in [0.29, 0.717) is 19.0 Å². The van der Waals surface area contributed by atoms with E-state index in [4.69, 9.17) is 0 Å². The quantitative estimate of drug-likeness (QED) is 0.349. The zero-order valence-electron chi connectivity index (χ0n) is 16.7. The normalized spacial score (nSPS) is 18.0. The summed E-state index contributed by atoms with van der Waals surface area (Å²) in [6.07, 6.45) is -2.05. The standard InChI is InChI=1S/C19H30F3N5.HI/c1-15-6-8-17(9-7-15)27-11-4-5-16(13-27)25-18(23-2)24-10-12-26(3)14-19(20,21)22;/h6-9,16H,4-5,10-14H2,1-3H3,(H2,23,24,25);1H. The Kier molecular flexibility index (Phi) is 10.4. The monoisotopic (exact) mass is 513 g/mol. The van der Waals surface area contributed by atoms with Crippen molar-refractivity contribution >= 4 is 35.6 Å². The summed E-state index contributed by atoms with van der Waals surface area (Å²) in [7, 11) is 3.14. The Morgan fingerprint density at radius 1 is 1.29 bits per heavy atom. The molecule has 0 spiro atoms. The lowest BCUT2D eigenvalue weighted by Gasteiger charge is -2.35. The third kappa shape index (κ3) is 8.85. The van der Waals surface area contributed by atoms with Gasteiger partial charge >= 0.3 is 6.18 Å². The zero-order valence-corrected chi connectivity index (χ0v) is 19.1. The Morgan fingerprint density at radius 2 is 1.96 bits per heavy atom. The Labute approximate surface area is 182 Å². The van der Waals surface area contributed by atoms with E-state index < -0.39 is 12.7 Å². The Hall–Kier alpha value is -1.23. The first-order valence-corrected chi connectivity index (χ1v) is 9.31. The van der Waals surface area contributed by atoms with E-state index in [1.807, 2.05) is 0 Å². The second kappa shape index (κ2) is 11.7. The topological polar surface area (TPSA) is 42.9 Å². The van der Waals surface area contributed by atoms with Crippen LogP contribution in [0.15, 0.2) is 29.3 Å². The molecule has 1 saturated heterocycles. The van der Waals surface area contributed by atoms with Crippen LogP contribution in [0.25, 0.3) is 0 Å². The molecule has 0 radical (unpaired) electrons. The van der Waals surface area contributed by atoms with Crippen molar-refractivity contribution in [2.45, 2.75) is 32.0 Å². The van der Waals surface area contributed by atoms with Crippen molar-refractivity contribution in [2.24, 2.45) is 4.99 Å². The highest BCUT2D eigenvalue weighted by atomic mass is 127. The van der Waals surface area contributed by atoms with Crippen molar-refractivity contribution in [1.29, 1.82) is 0 Å². The number of guanidine groups is 1. The number of aliphatic imine (C=N–C) groups is 1. The van der Waals surface area contributed by atoms with Crippen molar-refractivity contribution < 1.29 is 13.2 Å². The summed E-state index contributed by atoms with van der Waals surface area (Å²) in [6.45, 7) is 3.76. The van der Waals surface area contributed by atoms with Crippen LogP contribution in [-0.2, 0) is 0 Å². The van der Waals surface area contributed by atoms with E-state index in [2.05, 4.69) is 51.7 Å². The van der Waals surface area contributed by atoms with Crippen LogP contribution < -0.4 is 15.5 Å². The summed E-state index contributed by atoms with van der Waals surface area (Å²) in [5.41, 5.74) is 2.45. The van der Waals surface area contributed by atoms with E-state index >= 15 is 0 Å². The molecule has 5 nitrogen and oxygen atoms in total. The van der Waals surface area contributed by atoms with Gasteiger partial charge in [-0.1, -0.05) is 17.7 Å². The fourth-order valence-corrected chi connectivity index (χ4v) is 3.22. The smallest absolute Gasteiger partial charge is 0.369 e. The number of nitrogens with one attached hydrogen (secondary N) is 2. The SMILES string of the molecule is CN=C(NCCN(C)CC(F)(F)F)NC1CCCN(c2ccc(C)cc2)C1.I. The average Bonchev–Trinajstić information content (AvgIpc) is 2.60. The second-order valence-corrected chi connectivity index (χ2v) is 7.12. The van der Waals surface area contributed by atoms with Crippen molar-refractivity contribution in [3.05, 3.63) is 29.8 Å². The maximum atomic E-state index is 12.4. The number of anilines is 1. The molecule has 1 fully saturated rings. The van der Waals surface area contributed by atoms with Gasteiger partial charge in [-0.15, -0.1) is 24.0 Å². The number of rotatable bonds is 6. The first-order chi connectivity index (χ1) is 12.8. The molecule has 1 aromatic rings. The van der Waals surface area contributed by atoms with Crippen LogP contribution in [0.1, 0.15) is 18.4 Å². The highest BCUT2D eigenvalue weighted by molar-refractivity contribution is 14.0. The van der Waals surface area contributed by atoms with Crippen molar-refractivity contribution in [1.82, 2.24) is 15.5 Å². The lowest BCUT2D eigenvalue weighted by atomic mass is 10.0. The Bertz CT molecular complexity index is 607. The average molecular weight is 513 g/mol. The minimum atomic E-state index is -4.17. The highest BCUT2D eigenvalue weighted by Gasteiger charge is 2.28. The number of piperidine rings is 1. The van der Waals surface area contributed by atoms with E-state index in [9.17, 15) is 13.2 Å². The number of hydrogen-bond acceptors (Lipinski definition) is 3. The minimum absolute atomic E-state index is 0. The molecule has 2 rings (SSSR count). The number of nitrogens with zero attached hydrogens (tertiary/aromatic N) is 3. The van der Waals surface area contributed by atoms with Crippen LogP contribution in [0.2, 0.25) is 0 Å². The van der Waals surface area contributed by atoms with Crippen molar-refractivity contribution in [3.8, 4) is 0 Å². The second-order valence-electron chi connectivity index (χ2n) is 7.12. The molecule has 160 valence electrons. The first-order valence-electron chi connectivity index (χ1n) is 9.31. The molecule has 28 heavy (non-hydrogen) atoms. The number of alkyl halides is 3. The predicted molar refractivity (Wildman–Crippen MR) is 120 cm³/mol.